The molecule has 2 nitrogen and oxygen atoms in total. The molecular weight excluding hydrogens is 174 g/mol. The van der Waals surface area contributed by atoms with E-state index in [1.165, 1.54) is 0 Å². The van der Waals surface area contributed by atoms with E-state index in [0.29, 0.717) is 5.57 Å². The Hall–Kier alpha value is -0.340. The Balaban J connectivity index is -0.000000118. The van der Waals surface area contributed by atoms with Crippen LogP contribution < -0.4 is 0 Å². The quantitative estimate of drug-likeness (QED) is 0.471. The maximum atomic E-state index is 9.81. The summed E-state index contributed by atoms with van der Waals surface area (Å²) in [7, 11) is 6.00. The van der Waals surface area contributed by atoms with Crippen molar-refractivity contribution >= 4 is 16.8 Å². The van der Waals surface area contributed by atoms with Crippen LogP contribution in [-0.4, -0.2) is 31.3 Å². The first-order valence-electron chi connectivity index (χ1n) is 3.84. The zero-order chi connectivity index (χ0) is 10.7. The van der Waals surface area contributed by atoms with Gasteiger partial charge in [0.25, 0.3) is 0 Å². The van der Waals surface area contributed by atoms with Crippen molar-refractivity contribution in [2.24, 2.45) is 0 Å². The topological polar surface area (TPSA) is 20.3 Å². The van der Waals surface area contributed by atoms with Crippen molar-refractivity contribution in [1.29, 1.82) is 0 Å². The average molecular weight is 194 g/mol. The van der Waals surface area contributed by atoms with Gasteiger partial charge in [-0.2, -0.15) is 0 Å². The van der Waals surface area contributed by atoms with Crippen molar-refractivity contribution < 1.29 is 4.79 Å². The van der Waals surface area contributed by atoms with Crippen LogP contribution in [0.15, 0.2) is 12.2 Å². The lowest BCUT2D eigenvalue weighted by Gasteiger charge is -1.90. The van der Waals surface area contributed by atoms with Crippen LogP contribution in [0.25, 0.3) is 0 Å². The lowest BCUT2D eigenvalue weighted by Crippen LogP contribution is -1.99. The molecule has 0 saturated carbocycles. The SMILES string of the molecule is C=C(C)C(=O)Cl.CC.CN(C)C. The molecule has 0 radical (unpaired) electrons. The van der Waals surface area contributed by atoms with E-state index in [2.05, 4.69) is 6.58 Å². The van der Waals surface area contributed by atoms with Gasteiger partial charge in [-0.05, 0) is 39.7 Å². The minimum atomic E-state index is -0.463. The smallest absolute Gasteiger partial charge is 0.247 e. The highest BCUT2D eigenvalue weighted by atomic mass is 35.5. The number of allylic oxidation sites excluding steroid dienone is 1. The highest BCUT2D eigenvalue weighted by molar-refractivity contribution is 6.67. The number of halogens is 1. The number of carbonyl (C=O) groups excluding carboxylic acids is 1. The molecule has 0 heterocycles. The second-order valence-corrected chi connectivity index (χ2v) is 2.74. The first-order chi connectivity index (χ1) is 5.37. The normalized spacial score (nSPS) is 7.33. The maximum Gasteiger partial charge on any atom is 0.247 e. The molecule has 74 valence electrons. The van der Waals surface area contributed by atoms with Crippen molar-refractivity contribution in [1.82, 2.24) is 4.90 Å². The molecule has 0 atom stereocenters. The van der Waals surface area contributed by atoms with Crippen molar-refractivity contribution in [3.8, 4) is 0 Å². The van der Waals surface area contributed by atoms with E-state index in [9.17, 15) is 4.79 Å². The summed E-state index contributed by atoms with van der Waals surface area (Å²) in [5.41, 5.74) is 0.386. The van der Waals surface area contributed by atoms with Crippen molar-refractivity contribution in [2.45, 2.75) is 20.8 Å². The fourth-order valence-corrected chi connectivity index (χ4v) is 0. The summed E-state index contributed by atoms with van der Waals surface area (Å²) in [5.74, 6) is 0. The predicted octanol–water partition coefficient (Wildman–Crippen LogP) is 2.53. The Kier molecular flexibility index (Phi) is 19.5. The molecule has 0 aliphatic rings. The van der Waals surface area contributed by atoms with Crippen LogP contribution in [0, 0.1) is 0 Å². The molecule has 0 saturated heterocycles. The number of hydrogen-bond acceptors (Lipinski definition) is 2. The van der Waals surface area contributed by atoms with E-state index in [-0.39, 0.29) is 0 Å². The Morgan fingerprint density at radius 2 is 1.33 bits per heavy atom. The summed E-state index contributed by atoms with van der Waals surface area (Å²) in [6.45, 7) is 8.84. The van der Waals surface area contributed by atoms with Crippen LogP contribution in [0.4, 0.5) is 0 Å². The van der Waals surface area contributed by atoms with Gasteiger partial charge in [-0.15, -0.1) is 0 Å². The van der Waals surface area contributed by atoms with Gasteiger partial charge in [-0.3, -0.25) is 4.79 Å². The molecular formula is C9H20ClNO. The van der Waals surface area contributed by atoms with E-state index in [4.69, 9.17) is 11.6 Å². The Bertz CT molecular complexity index is 107. The minimum absolute atomic E-state index is 0.386. The molecule has 0 rings (SSSR count). The van der Waals surface area contributed by atoms with Crippen molar-refractivity contribution in [3.05, 3.63) is 12.2 Å². The first kappa shape index (κ1) is 17.7. The van der Waals surface area contributed by atoms with Gasteiger partial charge < -0.3 is 4.90 Å². The van der Waals surface area contributed by atoms with Crippen LogP contribution >= 0.6 is 11.6 Å². The van der Waals surface area contributed by atoms with Crippen LogP contribution in [0.5, 0.6) is 0 Å². The average Bonchev–Trinajstić information content (AvgIpc) is 1.90. The summed E-state index contributed by atoms with van der Waals surface area (Å²) >= 11 is 4.87. The molecule has 0 aliphatic heterocycles. The molecule has 0 aliphatic carbocycles. The summed E-state index contributed by atoms with van der Waals surface area (Å²) in [5, 5.41) is -0.463. The van der Waals surface area contributed by atoms with Crippen LogP contribution in [0.3, 0.4) is 0 Å². The lowest BCUT2D eigenvalue weighted by molar-refractivity contribution is -0.108. The van der Waals surface area contributed by atoms with Gasteiger partial charge in [0.15, 0.2) is 0 Å². The lowest BCUT2D eigenvalue weighted by atomic mass is 10.4. The molecule has 3 heteroatoms. The Morgan fingerprint density at radius 3 is 1.33 bits per heavy atom. The molecule has 0 bridgehead atoms. The third-order valence-electron chi connectivity index (χ3n) is 0.336. The van der Waals surface area contributed by atoms with Crippen LogP contribution in [-0.2, 0) is 4.79 Å². The summed E-state index contributed by atoms with van der Waals surface area (Å²) in [4.78, 5) is 11.8. The standard InChI is InChI=1S/C4H5ClO.C3H9N.C2H6/c1-3(2)4(5)6;1-4(2)3;1-2/h1H2,2H3;1-3H3;1-2H3. The number of nitrogens with zero attached hydrogens (tertiary/aromatic N) is 1. The molecule has 12 heavy (non-hydrogen) atoms. The summed E-state index contributed by atoms with van der Waals surface area (Å²) < 4.78 is 0. The zero-order valence-electron chi connectivity index (χ0n) is 8.94. The van der Waals surface area contributed by atoms with Crippen molar-refractivity contribution in [3.63, 3.8) is 0 Å². The Morgan fingerprint density at radius 1 is 1.25 bits per heavy atom. The maximum absolute atomic E-state index is 9.81. The van der Waals surface area contributed by atoms with Gasteiger partial charge in [-0.25, -0.2) is 0 Å². The van der Waals surface area contributed by atoms with Gasteiger partial charge in [-0.1, -0.05) is 20.4 Å². The largest absolute Gasteiger partial charge is 0.312 e. The molecule has 0 spiro atoms. The molecule has 0 unspecified atom stereocenters. The number of rotatable bonds is 1. The first-order valence-corrected chi connectivity index (χ1v) is 4.22. The third kappa shape index (κ3) is 54.1. The van der Waals surface area contributed by atoms with Gasteiger partial charge in [0.2, 0.25) is 5.24 Å². The van der Waals surface area contributed by atoms with Crippen LogP contribution in [0.1, 0.15) is 20.8 Å². The molecule has 0 N–H and O–H groups in total. The highest BCUT2D eigenvalue weighted by Crippen LogP contribution is 1.91. The second-order valence-electron chi connectivity index (χ2n) is 2.40. The van der Waals surface area contributed by atoms with E-state index in [1.807, 2.05) is 39.9 Å². The van der Waals surface area contributed by atoms with E-state index < -0.39 is 5.24 Å². The fraction of sp³-hybridized carbons (Fsp3) is 0.667. The fourth-order valence-electron chi connectivity index (χ4n) is 0. The van der Waals surface area contributed by atoms with E-state index >= 15 is 0 Å². The van der Waals surface area contributed by atoms with E-state index in [0.717, 1.165) is 0 Å². The summed E-state index contributed by atoms with van der Waals surface area (Å²) in [6.07, 6.45) is 0. The summed E-state index contributed by atoms with van der Waals surface area (Å²) in [6, 6.07) is 0. The zero-order valence-corrected chi connectivity index (χ0v) is 9.70. The van der Waals surface area contributed by atoms with Crippen molar-refractivity contribution in [2.75, 3.05) is 21.1 Å². The van der Waals surface area contributed by atoms with Crippen LogP contribution in [0.2, 0.25) is 0 Å². The monoisotopic (exact) mass is 193 g/mol. The molecule has 0 aromatic rings. The number of carbonyl (C=O) groups is 1. The minimum Gasteiger partial charge on any atom is -0.312 e. The van der Waals surface area contributed by atoms with Gasteiger partial charge >= 0.3 is 0 Å². The molecule has 0 aromatic heterocycles. The van der Waals surface area contributed by atoms with Gasteiger partial charge in [0, 0.05) is 5.57 Å². The molecule has 0 fully saturated rings. The number of hydrogen-bond donors (Lipinski definition) is 0. The molecule has 0 aromatic carbocycles. The van der Waals surface area contributed by atoms with Gasteiger partial charge in [0.1, 0.15) is 0 Å². The Labute approximate surface area is 81.2 Å². The van der Waals surface area contributed by atoms with E-state index in [1.54, 1.807) is 6.92 Å². The molecule has 0 amide bonds. The van der Waals surface area contributed by atoms with Gasteiger partial charge in [0.05, 0.1) is 0 Å². The predicted molar refractivity (Wildman–Crippen MR) is 56.6 cm³/mol. The third-order valence-corrected chi connectivity index (χ3v) is 0.658. The highest BCUT2D eigenvalue weighted by Gasteiger charge is 1.89. The second kappa shape index (κ2) is 13.3.